The Morgan fingerprint density at radius 1 is 1.27 bits per heavy atom. The third-order valence-electron chi connectivity index (χ3n) is 3.23. The van der Waals surface area contributed by atoms with E-state index >= 15 is 0 Å². The van der Waals surface area contributed by atoms with E-state index in [0.29, 0.717) is 6.42 Å². The summed E-state index contributed by atoms with van der Waals surface area (Å²) in [5.74, 6) is -1.73. The predicted molar refractivity (Wildman–Crippen MR) is 54.5 cm³/mol. The van der Waals surface area contributed by atoms with E-state index in [1.165, 1.54) is 0 Å². The fourth-order valence-electron chi connectivity index (χ4n) is 2.23. The van der Waals surface area contributed by atoms with E-state index < -0.39 is 17.4 Å². The molecule has 1 rings (SSSR count). The van der Waals surface area contributed by atoms with E-state index in [4.69, 9.17) is 10.2 Å². The third kappa shape index (κ3) is 2.81. The van der Waals surface area contributed by atoms with Gasteiger partial charge in [-0.1, -0.05) is 19.1 Å². The van der Waals surface area contributed by atoms with Gasteiger partial charge >= 0.3 is 11.9 Å². The maximum absolute atomic E-state index is 10.8. The minimum atomic E-state index is -0.918. The first-order valence-electron chi connectivity index (χ1n) is 5.05. The molecule has 0 aromatic carbocycles. The van der Waals surface area contributed by atoms with E-state index in [0.717, 1.165) is 6.42 Å². The summed E-state index contributed by atoms with van der Waals surface area (Å²) in [5, 5.41) is 17.7. The van der Waals surface area contributed by atoms with Crippen molar-refractivity contribution in [1.29, 1.82) is 0 Å². The molecule has 0 spiro atoms. The van der Waals surface area contributed by atoms with Crippen molar-refractivity contribution in [2.45, 2.75) is 32.6 Å². The van der Waals surface area contributed by atoms with Gasteiger partial charge in [-0.25, -0.2) is 0 Å². The van der Waals surface area contributed by atoms with Crippen LogP contribution in [0.4, 0.5) is 0 Å². The van der Waals surface area contributed by atoms with Crippen LogP contribution in [0.1, 0.15) is 32.6 Å². The molecule has 0 aromatic rings. The molecular weight excluding hydrogens is 196 g/mol. The van der Waals surface area contributed by atoms with E-state index in [-0.39, 0.29) is 18.8 Å². The zero-order valence-electron chi connectivity index (χ0n) is 8.77. The Morgan fingerprint density at radius 3 is 2.20 bits per heavy atom. The summed E-state index contributed by atoms with van der Waals surface area (Å²) >= 11 is 0. The van der Waals surface area contributed by atoms with Gasteiger partial charge in [0, 0.05) is 0 Å². The van der Waals surface area contributed by atoms with Gasteiger partial charge in [0.25, 0.3) is 0 Å². The van der Waals surface area contributed by atoms with Gasteiger partial charge in [0.15, 0.2) is 0 Å². The van der Waals surface area contributed by atoms with Crippen molar-refractivity contribution in [2.75, 3.05) is 0 Å². The van der Waals surface area contributed by atoms with E-state index in [9.17, 15) is 9.59 Å². The number of aliphatic carboxylic acids is 2. The van der Waals surface area contributed by atoms with E-state index in [1.54, 1.807) is 0 Å². The Balaban J connectivity index is 2.88. The van der Waals surface area contributed by atoms with Gasteiger partial charge in [-0.3, -0.25) is 9.59 Å². The lowest BCUT2D eigenvalue weighted by molar-refractivity contribution is -0.145. The van der Waals surface area contributed by atoms with Crippen LogP contribution in [-0.2, 0) is 9.59 Å². The van der Waals surface area contributed by atoms with Crippen molar-refractivity contribution in [3.8, 4) is 0 Å². The molecule has 1 aliphatic rings. The molecule has 1 atom stereocenters. The Morgan fingerprint density at radius 2 is 1.80 bits per heavy atom. The van der Waals surface area contributed by atoms with Crippen molar-refractivity contribution in [2.24, 2.45) is 11.3 Å². The number of hydrogen-bond acceptors (Lipinski definition) is 2. The number of carboxylic acid groups (broad SMARTS) is 2. The van der Waals surface area contributed by atoms with Crippen LogP contribution in [-0.4, -0.2) is 22.2 Å². The average Bonchev–Trinajstić information content (AvgIpc) is 2.08. The minimum Gasteiger partial charge on any atom is -0.481 e. The Kier molecular flexibility index (Phi) is 3.50. The molecule has 2 N–H and O–H groups in total. The van der Waals surface area contributed by atoms with E-state index in [1.807, 2.05) is 19.1 Å². The number of carbonyl (C=O) groups is 2. The summed E-state index contributed by atoms with van der Waals surface area (Å²) in [5.41, 5.74) is -0.605. The highest BCUT2D eigenvalue weighted by Gasteiger charge is 2.40. The number of allylic oxidation sites excluding steroid dienone is 2. The standard InChI is InChI=1S/C11H16O4/c1-8-4-2-3-5-11(8,6-9(12)13)7-10(14)15/h2-3,8H,4-7H2,1H3,(H,12,13)(H,14,15)/t8-/m0/s1. The number of carboxylic acids is 2. The maximum Gasteiger partial charge on any atom is 0.303 e. The normalized spacial score (nSPS) is 23.7. The SMILES string of the molecule is C[C@H]1CC=CCC1(CC(=O)O)CC(=O)O. The molecule has 0 aromatic heterocycles. The summed E-state index contributed by atoms with van der Waals surface area (Å²) in [7, 11) is 0. The third-order valence-corrected chi connectivity index (χ3v) is 3.23. The van der Waals surface area contributed by atoms with Crippen LogP contribution in [0.25, 0.3) is 0 Å². The molecule has 0 aliphatic heterocycles. The smallest absolute Gasteiger partial charge is 0.303 e. The Hall–Kier alpha value is -1.32. The molecular formula is C11H16O4. The van der Waals surface area contributed by atoms with Crippen LogP contribution in [0.15, 0.2) is 12.2 Å². The fraction of sp³-hybridized carbons (Fsp3) is 0.636. The van der Waals surface area contributed by atoms with Crippen LogP contribution in [0.2, 0.25) is 0 Å². The van der Waals surface area contributed by atoms with Gasteiger partial charge in [0.05, 0.1) is 12.8 Å². The highest BCUT2D eigenvalue weighted by molar-refractivity contribution is 5.72. The molecule has 1 aliphatic carbocycles. The molecule has 84 valence electrons. The molecule has 4 heteroatoms. The van der Waals surface area contributed by atoms with Gasteiger partial charge in [-0.05, 0) is 24.2 Å². The highest BCUT2D eigenvalue weighted by atomic mass is 16.4. The highest BCUT2D eigenvalue weighted by Crippen LogP contribution is 2.43. The second-order valence-electron chi connectivity index (χ2n) is 4.32. The average molecular weight is 212 g/mol. The summed E-state index contributed by atoms with van der Waals surface area (Å²) in [6.45, 7) is 1.93. The first-order valence-corrected chi connectivity index (χ1v) is 5.05. The maximum atomic E-state index is 10.8. The lowest BCUT2D eigenvalue weighted by Crippen LogP contribution is -2.35. The molecule has 0 saturated carbocycles. The molecule has 0 amide bonds. The van der Waals surface area contributed by atoms with Crippen molar-refractivity contribution < 1.29 is 19.8 Å². The number of hydrogen-bond donors (Lipinski definition) is 2. The van der Waals surface area contributed by atoms with Crippen molar-refractivity contribution in [1.82, 2.24) is 0 Å². The van der Waals surface area contributed by atoms with Gasteiger partial charge in [0.1, 0.15) is 0 Å². The largest absolute Gasteiger partial charge is 0.481 e. The number of rotatable bonds is 4. The van der Waals surface area contributed by atoms with Gasteiger partial charge in [0.2, 0.25) is 0 Å². The molecule has 4 nitrogen and oxygen atoms in total. The molecule has 0 heterocycles. The summed E-state index contributed by atoms with van der Waals surface area (Å²) in [4.78, 5) is 21.6. The van der Waals surface area contributed by atoms with Gasteiger partial charge in [-0.2, -0.15) is 0 Å². The zero-order chi connectivity index (χ0) is 11.5. The zero-order valence-corrected chi connectivity index (χ0v) is 8.77. The topological polar surface area (TPSA) is 74.6 Å². The molecule has 0 radical (unpaired) electrons. The lowest BCUT2D eigenvalue weighted by Gasteiger charge is -2.38. The van der Waals surface area contributed by atoms with Gasteiger partial charge < -0.3 is 10.2 Å². The molecule has 0 saturated heterocycles. The second-order valence-corrected chi connectivity index (χ2v) is 4.32. The molecule has 0 unspecified atom stereocenters. The van der Waals surface area contributed by atoms with Crippen LogP contribution in [0.3, 0.4) is 0 Å². The monoisotopic (exact) mass is 212 g/mol. The first-order chi connectivity index (χ1) is 6.96. The quantitative estimate of drug-likeness (QED) is 0.698. The van der Waals surface area contributed by atoms with Gasteiger partial charge in [-0.15, -0.1) is 0 Å². The Labute approximate surface area is 88.6 Å². The lowest BCUT2D eigenvalue weighted by atomic mass is 9.65. The van der Waals surface area contributed by atoms with Crippen molar-refractivity contribution in [3.05, 3.63) is 12.2 Å². The van der Waals surface area contributed by atoms with Crippen LogP contribution < -0.4 is 0 Å². The van der Waals surface area contributed by atoms with Crippen LogP contribution in [0, 0.1) is 11.3 Å². The summed E-state index contributed by atoms with van der Waals surface area (Å²) < 4.78 is 0. The second kappa shape index (κ2) is 4.47. The minimum absolute atomic E-state index is 0.0647. The van der Waals surface area contributed by atoms with Crippen molar-refractivity contribution >= 4 is 11.9 Å². The van der Waals surface area contributed by atoms with Crippen LogP contribution in [0.5, 0.6) is 0 Å². The fourth-order valence-corrected chi connectivity index (χ4v) is 2.23. The molecule has 0 fully saturated rings. The molecule has 0 bridgehead atoms. The molecule has 15 heavy (non-hydrogen) atoms. The first kappa shape index (κ1) is 11.8. The predicted octanol–water partition coefficient (Wildman–Crippen LogP) is 1.91. The summed E-state index contributed by atoms with van der Waals surface area (Å²) in [6, 6.07) is 0. The van der Waals surface area contributed by atoms with Crippen LogP contribution >= 0.6 is 0 Å². The van der Waals surface area contributed by atoms with E-state index in [2.05, 4.69) is 0 Å². The Bertz CT molecular complexity index is 277. The van der Waals surface area contributed by atoms with Crippen molar-refractivity contribution in [3.63, 3.8) is 0 Å². The summed E-state index contributed by atoms with van der Waals surface area (Å²) in [6.07, 6.45) is 5.07.